The minimum absolute atomic E-state index is 0.166. The van der Waals surface area contributed by atoms with Crippen molar-refractivity contribution in [1.29, 1.82) is 0 Å². The molecule has 102 valence electrons. The molecule has 0 aliphatic heterocycles. The third-order valence-corrected chi connectivity index (χ3v) is 3.63. The molecule has 0 bridgehead atoms. The third-order valence-electron chi connectivity index (χ3n) is 3.09. The zero-order valence-electron chi connectivity index (χ0n) is 10.8. The van der Waals surface area contributed by atoms with Crippen LogP contribution in [0.3, 0.4) is 0 Å². The van der Waals surface area contributed by atoms with E-state index in [-0.39, 0.29) is 6.61 Å². The summed E-state index contributed by atoms with van der Waals surface area (Å²) in [6.07, 6.45) is 0.671. The van der Waals surface area contributed by atoms with Crippen molar-refractivity contribution in [3.8, 4) is 5.75 Å². The molecule has 3 aromatic rings. The van der Waals surface area contributed by atoms with E-state index in [9.17, 15) is 0 Å². The molecule has 5 heteroatoms. The van der Waals surface area contributed by atoms with Gasteiger partial charge >= 0.3 is 0 Å². The number of fused-ring (bicyclic) bond motifs is 1. The number of aromatic nitrogens is 2. The lowest BCUT2D eigenvalue weighted by molar-refractivity contribution is 0.298. The summed E-state index contributed by atoms with van der Waals surface area (Å²) in [5, 5.41) is 8.88. The van der Waals surface area contributed by atoms with Crippen LogP contribution in [0.5, 0.6) is 5.75 Å². The van der Waals surface area contributed by atoms with Gasteiger partial charge in [0.25, 0.3) is 0 Å². The highest BCUT2D eigenvalue weighted by Crippen LogP contribution is 2.19. The van der Waals surface area contributed by atoms with E-state index in [1.54, 1.807) is 0 Å². The summed E-state index contributed by atoms with van der Waals surface area (Å²) in [4.78, 5) is 0. The van der Waals surface area contributed by atoms with Crippen molar-refractivity contribution in [1.82, 2.24) is 8.75 Å². The zero-order chi connectivity index (χ0) is 13.8. The van der Waals surface area contributed by atoms with Crippen molar-refractivity contribution in [3.63, 3.8) is 0 Å². The number of aliphatic hydroxyl groups is 1. The van der Waals surface area contributed by atoms with Gasteiger partial charge in [0.2, 0.25) is 0 Å². The fraction of sp³-hybridized carbons (Fsp3) is 0.200. The molecule has 2 aromatic carbocycles. The van der Waals surface area contributed by atoms with Crippen molar-refractivity contribution in [2.75, 3.05) is 6.61 Å². The molecule has 1 aromatic heterocycles. The number of hydrogen-bond donors (Lipinski definition) is 1. The van der Waals surface area contributed by atoms with E-state index >= 15 is 0 Å². The van der Waals surface area contributed by atoms with Crippen LogP contribution in [0.4, 0.5) is 0 Å². The lowest BCUT2D eigenvalue weighted by Gasteiger charge is -2.07. The van der Waals surface area contributed by atoms with Crippen LogP contribution in [0.1, 0.15) is 11.1 Å². The first kappa shape index (κ1) is 13.0. The van der Waals surface area contributed by atoms with Gasteiger partial charge in [-0.25, -0.2) is 0 Å². The summed E-state index contributed by atoms with van der Waals surface area (Å²) in [5.74, 6) is 0.812. The van der Waals surface area contributed by atoms with E-state index in [0.29, 0.717) is 13.0 Å². The molecule has 0 radical (unpaired) electrons. The Bertz CT molecular complexity index is 694. The van der Waals surface area contributed by atoms with Crippen molar-refractivity contribution in [2.45, 2.75) is 13.0 Å². The first-order valence-corrected chi connectivity index (χ1v) is 7.12. The summed E-state index contributed by atoms with van der Waals surface area (Å²) in [6, 6.07) is 13.7. The van der Waals surface area contributed by atoms with Gasteiger partial charge in [-0.15, -0.1) is 0 Å². The molecule has 0 amide bonds. The molecule has 0 saturated heterocycles. The quantitative estimate of drug-likeness (QED) is 0.783. The van der Waals surface area contributed by atoms with Gasteiger partial charge in [-0.3, -0.25) is 0 Å². The largest absolute Gasteiger partial charge is 0.489 e. The summed E-state index contributed by atoms with van der Waals surface area (Å²) in [6.45, 7) is 0.640. The third kappa shape index (κ3) is 2.79. The zero-order valence-corrected chi connectivity index (χ0v) is 11.6. The molecule has 0 spiro atoms. The molecule has 0 aliphatic carbocycles. The number of hydrogen-bond acceptors (Lipinski definition) is 5. The van der Waals surface area contributed by atoms with E-state index in [4.69, 9.17) is 9.84 Å². The molecular formula is C15H14N2O2S. The highest BCUT2D eigenvalue weighted by Gasteiger charge is 2.05. The maximum absolute atomic E-state index is 8.88. The topological polar surface area (TPSA) is 55.2 Å². The summed E-state index contributed by atoms with van der Waals surface area (Å²) < 4.78 is 14.3. The van der Waals surface area contributed by atoms with Crippen LogP contribution < -0.4 is 4.74 Å². The predicted octanol–water partition coefficient (Wildman–Crippen LogP) is 2.81. The molecular weight excluding hydrogens is 272 g/mol. The molecule has 4 nitrogen and oxygen atoms in total. The van der Waals surface area contributed by atoms with Crippen molar-refractivity contribution >= 4 is 22.8 Å². The van der Waals surface area contributed by atoms with Crippen LogP contribution in [-0.4, -0.2) is 20.5 Å². The monoisotopic (exact) mass is 286 g/mol. The Balaban J connectivity index is 1.71. The minimum atomic E-state index is 0.166. The summed E-state index contributed by atoms with van der Waals surface area (Å²) >= 11 is 1.22. The Morgan fingerprint density at radius 2 is 1.90 bits per heavy atom. The van der Waals surface area contributed by atoms with E-state index in [1.165, 1.54) is 11.7 Å². The van der Waals surface area contributed by atoms with Gasteiger partial charge in [0, 0.05) is 12.2 Å². The second-order valence-electron chi connectivity index (χ2n) is 4.46. The summed E-state index contributed by atoms with van der Waals surface area (Å²) in [5.41, 5.74) is 3.96. The normalized spacial score (nSPS) is 10.8. The molecule has 0 fully saturated rings. The van der Waals surface area contributed by atoms with Gasteiger partial charge in [0.15, 0.2) is 0 Å². The molecule has 20 heavy (non-hydrogen) atoms. The van der Waals surface area contributed by atoms with Crippen LogP contribution in [0, 0.1) is 0 Å². The van der Waals surface area contributed by atoms with Gasteiger partial charge in [0.05, 0.1) is 11.7 Å². The average Bonchev–Trinajstić information content (AvgIpc) is 2.96. The van der Waals surface area contributed by atoms with Crippen LogP contribution in [0.25, 0.3) is 11.0 Å². The highest BCUT2D eigenvalue weighted by molar-refractivity contribution is 7.00. The number of rotatable bonds is 5. The second kappa shape index (κ2) is 5.98. The van der Waals surface area contributed by atoms with Gasteiger partial charge < -0.3 is 9.84 Å². The SMILES string of the molecule is OCCc1ccc(OCc2cccc3nsnc23)cc1. The van der Waals surface area contributed by atoms with Gasteiger partial charge in [-0.2, -0.15) is 8.75 Å². The lowest BCUT2D eigenvalue weighted by Crippen LogP contribution is -1.97. The molecule has 1 heterocycles. The van der Waals surface area contributed by atoms with Gasteiger partial charge in [0.1, 0.15) is 23.4 Å². The Morgan fingerprint density at radius 3 is 2.70 bits per heavy atom. The average molecular weight is 286 g/mol. The van der Waals surface area contributed by atoms with Crippen LogP contribution >= 0.6 is 11.7 Å². The van der Waals surface area contributed by atoms with Gasteiger partial charge in [-0.1, -0.05) is 24.3 Å². The number of ether oxygens (including phenoxy) is 1. The molecule has 3 rings (SSSR count). The van der Waals surface area contributed by atoms with E-state index in [2.05, 4.69) is 8.75 Å². The maximum atomic E-state index is 8.88. The second-order valence-corrected chi connectivity index (χ2v) is 4.98. The Labute approximate surface area is 121 Å². The summed E-state index contributed by atoms with van der Waals surface area (Å²) in [7, 11) is 0. The Hall–Kier alpha value is -1.98. The maximum Gasteiger partial charge on any atom is 0.119 e. The molecule has 0 atom stereocenters. The predicted molar refractivity (Wildman–Crippen MR) is 79.0 cm³/mol. The molecule has 1 N–H and O–H groups in total. The van der Waals surface area contributed by atoms with Crippen LogP contribution in [0.2, 0.25) is 0 Å². The Morgan fingerprint density at radius 1 is 1.05 bits per heavy atom. The number of benzene rings is 2. The van der Waals surface area contributed by atoms with Crippen molar-refractivity contribution in [2.24, 2.45) is 0 Å². The molecule has 0 aliphatic rings. The highest BCUT2D eigenvalue weighted by atomic mass is 32.1. The fourth-order valence-electron chi connectivity index (χ4n) is 2.02. The van der Waals surface area contributed by atoms with Gasteiger partial charge in [-0.05, 0) is 30.2 Å². The Kier molecular flexibility index (Phi) is 3.90. The molecule has 0 unspecified atom stereocenters. The van der Waals surface area contributed by atoms with Crippen LogP contribution in [0.15, 0.2) is 42.5 Å². The van der Waals surface area contributed by atoms with E-state index in [0.717, 1.165) is 27.9 Å². The van der Waals surface area contributed by atoms with E-state index in [1.807, 2.05) is 42.5 Å². The first-order chi connectivity index (χ1) is 9.86. The minimum Gasteiger partial charge on any atom is -0.489 e. The number of aliphatic hydroxyl groups excluding tert-OH is 1. The first-order valence-electron chi connectivity index (χ1n) is 6.39. The smallest absolute Gasteiger partial charge is 0.119 e. The van der Waals surface area contributed by atoms with Crippen LogP contribution in [-0.2, 0) is 13.0 Å². The van der Waals surface area contributed by atoms with Crippen molar-refractivity contribution < 1.29 is 9.84 Å². The van der Waals surface area contributed by atoms with E-state index < -0.39 is 0 Å². The number of nitrogens with zero attached hydrogens (tertiary/aromatic N) is 2. The standard InChI is InChI=1S/C15H14N2O2S/c18-9-8-11-4-6-13(7-5-11)19-10-12-2-1-3-14-15(12)17-20-16-14/h1-7,18H,8-10H2. The lowest BCUT2D eigenvalue weighted by atomic mass is 10.1. The van der Waals surface area contributed by atoms with Crippen molar-refractivity contribution in [3.05, 3.63) is 53.6 Å². The fourth-order valence-corrected chi connectivity index (χ4v) is 2.59. The molecule has 0 saturated carbocycles.